The first-order valence-corrected chi connectivity index (χ1v) is 11.3. The van der Waals surface area contributed by atoms with E-state index in [2.05, 4.69) is 4.98 Å². The van der Waals surface area contributed by atoms with E-state index in [9.17, 15) is 14.0 Å². The van der Waals surface area contributed by atoms with Gasteiger partial charge in [0.15, 0.2) is 0 Å². The van der Waals surface area contributed by atoms with Gasteiger partial charge in [0.25, 0.3) is 5.91 Å². The van der Waals surface area contributed by atoms with Crippen LogP contribution in [0.4, 0.5) is 4.39 Å². The number of thiazole rings is 1. The zero-order valence-electron chi connectivity index (χ0n) is 16.5. The number of halogens is 1. The Morgan fingerprint density at radius 2 is 1.59 bits per heavy atom. The number of hydrogen-bond donors (Lipinski definition) is 0. The smallest absolute Gasteiger partial charge is 0.273 e. The molecule has 2 amide bonds. The summed E-state index contributed by atoms with van der Waals surface area (Å²) in [5.41, 5.74) is 1.23. The Labute approximate surface area is 174 Å². The number of rotatable bonds is 3. The fraction of sp³-hybridized carbons (Fsp3) is 0.500. The predicted molar refractivity (Wildman–Crippen MR) is 111 cm³/mol. The van der Waals surface area contributed by atoms with Crippen molar-refractivity contribution in [1.82, 2.24) is 14.8 Å². The number of nitrogens with zero attached hydrogens (tertiary/aromatic N) is 3. The first-order chi connectivity index (χ1) is 14.1. The molecule has 0 N–H and O–H groups in total. The van der Waals surface area contributed by atoms with Gasteiger partial charge in [-0.05, 0) is 49.9 Å². The molecule has 2 aliphatic heterocycles. The average molecular weight is 416 g/mol. The molecule has 1 aromatic heterocycles. The zero-order chi connectivity index (χ0) is 20.2. The Morgan fingerprint density at radius 3 is 2.24 bits per heavy atom. The Balaban J connectivity index is 1.34. The lowest BCUT2D eigenvalue weighted by Crippen LogP contribution is -2.44. The van der Waals surface area contributed by atoms with Crippen molar-refractivity contribution in [2.24, 2.45) is 5.92 Å². The molecule has 2 fully saturated rings. The van der Waals surface area contributed by atoms with Crippen LogP contribution in [0.3, 0.4) is 0 Å². The highest BCUT2D eigenvalue weighted by Crippen LogP contribution is 2.26. The third kappa shape index (κ3) is 4.66. The number of carbonyl (C=O) groups is 2. The van der Waals surface area contributed by atoms with Gasteiger partial charge in [-0.3, -0.25) is 9.59 Å². The summed E-state index contributed by atoms with van der Waals surface area (Å²) in [6, 6.07) is 6.12. The van der Waals surface area contributed by atoms with Gasteiger partial charge in [-0.1, -0.05) is 12.8 Å². The molecule has 5 nitrogen and oxygen atoms in total. The van der Waals surface area contributed by atoms with E-state index in [0.29, 0.717) is 23.8 Å². The summed E-state index contributed by atoms with van der Waals surface area (Å²) in [5, 5.41) is 2.47. The summed E-state index contributed by atoms with van der Waals surface area (Å²) in [5.74, 6) is -0.0805. The van der Waals surface area contributed by atoms with Crippen molar-refractivity contribution >= 4 is 23.2 Å². The van der Waals surface area contributed by atoms with E-state index < -0.39 is 0 Å². The highest BCUT2D eigenvalue weighted by Gasteiger charge is 2.31. The third-order valence-electron chi connectivity index (χ3n) is 5.86. The average Bonchev–Trinajstić information content (AvgIpc) is 3.08. The van der Waals surface area contributed by atoms with Gasteiger partial charge >= 0.3 is 0 Å². The standard InChI is InChI=1S/C22H26FN3O2S/c23-18-7-5-16(6-8-18)20-24-19(15-29-20)22(28)26-13-9-17(10-14-26)21(27)25-11-3-1-2-4-12-25/h5-8,15,17H,1-4,9-14H2. The largest absolute Gasteiger partial charge is 0.342 e. The number of benzene rings is 1. The van der Waals surface area contributed by atoms with E-state index in [1.54, 1.807) is 22.4 Å². The molecule has 29 heavy (non-hydrogen) atoms. The Hall–Kier alpha value is -2.28. The fourth-order valence-electron chi connectivity index (χ4n) is 4.14. The highest BCUT2D eigenvalue weighted by molar-refractivity contribution is 7.13. The molecule has 154 valence electrons. The summed E-state index contributed by atoms with van der Waals surface area (Å²) >= 11 is 1.39. The second kappa shape index (κ2) is 9.03. The molecule has 7 heteroatoms. The third-order valence-corrected chi connectivity index (χ3v) is 6.75. The lowest BCUT2D eigenvalue weighted by Gasteiger charge is -2.33. The van der Waals surface area contributed by atoms with Crippen LogP contribution >= 0.6 is 11.3 Å². The Morgan fingerprint density at radius 1 is 0.931 bits per heavy atom. The van der Waals surface area contributed by atoms with Crippen molar-refractivity contribution in [3.05, 3.63) is 41.2 Å². The number of likely N-dealkylation sites (tertiary alicyclic amines) is 2. The van der Waals surface area contributed by atoms with Gasteiger partial charge < -0.3 is 9.80 Å². The quantitative estimate of drug-likeness (QED) is 0.755. The molecule has 2 saturated heterocycles. The van der Waals surface area contributed by atoms with E-state index in [1.165, 1.54) is 36.3 Å². The topological polar surface area (TPSA) is 53.5 Å². The Kier molecular flexibility index (Phi) is 6.23. The van der Waals surface area contributed by atoms with Crippen molar-refractivity contribution in [2.75, 3.05) is 26.2 Å². The van der Waals surface area contributed by atoms with E-state index in [0.717, 1.165) is 44.3 Å². The van der Waals surface area contributed by atoms with Crippen LogP contribution in [0.2, 0.25) is 0 Å². The molecule has 0 radical (unpaired) electrons. The van der Waals surface area contributed by atoms with Gasteiger partial charge in [-0.2, -0.15) is 0 Å². The van der Waals surface area contributed by atoms with Gasteiger partial charge in [-0.25, -0.2) is 9.37 Å². The molecule has 0 spiro atoms. The second-order valence-electron chi connectivity index (χ2n) is 7.85. The Bertz CT molecular complexity index is 851. The molecule has 0 saturated carbocycles. The molecule has 0 unspecified atom stereocenters. The molecular formula is C22H26FN3O2S. The molecule has 0 bridgehead atoms. The maximum absolute atomic E-state index is 13.1. The number of amides is 2. The van der Waals surface area contributed by atoms with Crippen LogP contribution in [0, 0.1) is 11.7 Å². The molecule has 4 rings (SSSR count). The highest BCUT2D eigenvalue weighted by atomic mass is 32.1. The van der Waals surface area contributed by atoms with Crippen LogP contribution in [0.1, 0.15) is 49.0 Å². The van der Waals surface area contributed by atoms with Gasteiger partial charge in [-0.15, -0.1) is 11.3 Å². The maximum Gasteiger partial charge on any atom is 0.273 e. The molecule has 1 aromatic carbocycles. The van der Waals surface area contributed by atoms with Crippen LogP contribution in [-0.2, 0) is 4.79 Å². The van der Waals surface area contributed by atoms with Crippen molar-refractivity contribution in [3.8, 4) is 10.6 Å². The first kappa shape index (κ1) is 20.0. The summed E-state index contributed by atoms with van der Waals surface area (Å²) in [6.45, 7) is 2.94. The molecule has 2 aliphatic rings. The fourth-order valence-corrected chi connectivity index (χ4v) is 4.94. The van der Waals surface area contributed by atoms with E-state index >= 15 is 0 Å². The minimum atomic E-state index is -0.292. The first-order valence-electron chi connectivity index (χ1n) is 10.4. The number of hydrogen-bond acceptors (Lipinski definition) is 4. The van der Waals surface area contributed by atoms with Gasteiger partial charge in [0.1, 0.15) is 16.5 Å². The van der Waals surface area contributed by atoms with Gasteiger partial charge in [0.2, 0.25) is 5.91 Å². The number of aromatic nitrogens is 1. The monoisotopic (exact) mass is 415 g/mol. The van der Waals surface area contributed by atoms with E-state index in [1.807, 2.05) is 4.90 Å². The SMILES string of the molecule is O=C(c1csc(-c2ccc(F)cc2)n1)N1CCC(C(=O)N2CCCCCC2)CC1. The van der Waals surface area contributed by atoms with Crippen LogP contribution in [-0.4, -0.2) is 52.8 Å². The summed E-state index contributed by atoms with van der Waals surface area (Å²) in [4.78, 5) is 33.9. The van der Waals surface area contributed by atoms with Crippen LogP contribution in [0.15, 0.2) is 29.6 Å². The van der Waals surface area contributed by atoms with Crippen molar-refractivity contribution in [3.63, 3.8) is 0 Å². The molecule has 0 atom stereocenters. The van der Waals surface area contributed by atoms with E-state index in [-0.39, 0.29) is 23.5 Å². The molecule has 2 aromatic rings. The minimum absolute atomic E-state index is 0.0300. The number of piperidine rings is 1. The van der Waals surface area contributed by atoms with Gasteiger partial charge in [0, 0.05) is 43.0 Å². The maximum atomic E-state index is 13.1. The lowest BCUT2D eigenvalue weighted by molar-refractivity contribution is -0.136. The number of carbonyl (C=O) groups excluding carboxylic acids is 2. The van der Waals surface area contributed by atoms with Crippen LogP contribution in [0.5, 0.6) is 0 Å². The second-order valence-corrected chi connectivity index (χ2v) is 8.71. The summed E-state index contributed by atoms with van der Waals surface area (Å²) in [6.07, 6.45) is 6.06. The molecule has 3 heterocycles. The normalized spacial score (nSPS) is 18.5. The predicted octanol–water partition coefficient (Wildman–Crippen LogP) is 4.20. The lowest BCUT2D eigenvalue weighted by atomic mass is 9.95. The van der Waals surface area contributed by atoms with E-state index in [4.69, 9.17) is 0 Å². The molecular weight excluding hydrogens is 389 g/mol. The molecule has 0 aliphatic carbocycles. The van der Waals surface area contributed by atoms with Gasteiger partial charge in [0.05, 0.1) is 0 Å². The van der Waals surface area contributed by atoms with Crippen LogP contribution < -0.4 is 0 Å². The summed E-state index contributed by atoms with van der Waals surface area (Å²) in [7, 11) is 0. The minimum Gasteiger partial charge on any atom is -0.342 e. The van der Waals surface area contributed by atoms with Crippen molar-refractivity contribution in [2.45, 2.75) is 38.5 Å². The van der Waals surface area contributed by atoms with Crippen molar-refractivity contribution < 1.29 is 14.0 Å². The van der Waals surface area contributed by atoms with Crippen LogP contribution in [0.25, 0.3) is 10.6 Å². The zero-order valence-corrected chi connectivity index (χ0v) is 17.3. The summed E-state index contributed by atoms with van der Waals surface area (Å²) < 4.78 is 13.1. The van der Waals surface area contributed by atoms with Crippen molar-refractivity contribution in [1.29, 1.82) is 0 Å².